The molecule has 0 saturated carbocycles. The fourth-order valence-electron chi connectivity index (χ4n) is 3.25. The molecule has 2 aromatic carbocycles. The van der Waals surface area contributed by atoms with Gasteiger partial charge in [0.25, 0.3) is 0 Å². The first-order chi connectivity index (χ1) is 13.0. The molecule has 1 heterocycles. The third kappa shape index (κ3) is 4.45. The lowest BCUT2D eigenvalue weighted by Crippen LogP contribution is -2.34. The number of anilines is 1. The average Bonchev–Trinajstić information content (AvgIpc) is 3.05. The molecule has 0 bridgehead atoms. The number of hydrogen-bond acceptors (Lipinski definition) is 3. The van der Waals surface area contributed by atoms with Crippen molar-refractivity contribution in [3.63, 3.8) is 0 Å². The van der Waals surface area contributed by atoms with Crippen molar-refractivity contribution in [1.82, 2.24) is 5.32 Å². The maximum Gasteiger partial charge on any atom is 0.227 e. The standard InChI is InChI=1S/C21H23FN2O3/c1-14-3-8-19(27-2)18(11-14)24-13-16(12-20(24)25)21(26)23-10-9-15-4-6-17(22)7-5-15/h3-8,11,16H,9-10,12-13H2,1-2H3,(H,23,26). The van der Waals surface area contributed by atoms with Crippen molar-refractivity contribution in [3.8, 4) is 5.75 Å². The van der Waals surface area contributed by atoms with Gasteiger partial charge in [0.05, 0.1) is 18.7 Å². The van der Waals surface area contributed by atoms with Gasteiger partial charge < -0.3 is 15.0 Å². The zero-order chi connectivity index (χ0) is 19.4. The van der Waals surface area contributed by atoms with Crippen LogP contribution < -0.4 is 15.0 Å². The molecule has 6 heteroatoms. The van der Waals surface area contributed by atoms with Crippen LogP contribution in [-0.2, 0) is 16.0 Å². The van der Waals surface area contributed by atoms with E-state index in [-0.39, 0.29) is 24.1 Å². The molecule has 0 aromatic heterocycles. The van der Waals surface area contributed by atoms with Gasteiger partial charge in [-0.15, -0.1) is 0 Å². The molecular weight excluding hydrogens is 347 g/mol. The average molecular weight is 370 g/mol. The van der Waals surface area contributed by atoms with E-state index in [1.807, 2.05) is 25.1 Å². The van der Waals surface area contributed by atoms with Crippen molar-refractivity contribution < 1.29 is 18.7 Å². The fraction of sp³-hybridized carbons (Fsp3) is 0.333. The van der Waals surface area contributed by atoms with Crippen LogP contribution in [0.4, 0.5) is 10.1 Å². The molecule has 1 fully saturated rings. The van der Waals surface area contributed by atoms with Gasteiger partial charge in [-0.05, 0) is 48.7 Å². The van der Waals surface area contributed by atoms with Crippen LogP contribution in [0.25, 0.3) is 0 Å². The first-order valence-electron chi connectivity index (χ1n) is 8.95. The summed E-state index contributed by atoms with van der Waals surface area (Å²) in [5.41, 5.74) is 2.67. The molecule has 1 N–H and O–H groups in total. The smallest absolute Gasteiger partial charge is 0.227 e. The van der Waals surface area contributed by atoms with Crippen molar-refractivity contribution in [2.75, 3.05) is 25.1 Å². The molecule has 2 amide bonds. The third-order valence-corrected chi connectivity index (χ3v) is 4.75. The Kier molecular flexibility index (Phi) is 5.74. The van der Waals surface area contributed by atoms with Crippen molar-refractivity contribution in [1.29, 1.82) is 0 Å². The lowest BCUT2D eigenvalue weighted by Gasteiger charge is -2.20. The number of rotatable bonds is 6. The summed E-state index contributed by atoms with van der Waals surface area (Å²) in [7, 11) is 1.56. The highest BCUT2D eigenvalue weighted by Crippen LogP contribution is 2.33. The molecule has 142 valence electrons. The maximum absolute atomic E-state index is 12.9. The number of carbonyl (C=O) groups excluding carboxylic acids is 2. The number of nitrogens with zero attached hydrogens (tertiary/aromatic N) is 1. The van der Waals surface area contributed by atoms with E-state index in [4.69, 9.17) is 4.74 Å². The summed E-state index contributed by atoms with van der Waals surface area (Å²) >= 11 is 0. The van der Waals surface area contributed by atoms with E-state index in [0.29, 0.717) is 30.9 Å². The number of benzene rings is 2. The van der Waals surface area contributed by atoms with Crippen molar-refractivity contribution in [2.45, 2.75) is 19.8 Å². The van der Waals surface area contributed by atoms with Crippen LogP contribution in [-0.4, -0.2) is 32.0 Å². The van der Waals surface area contributed by atoms with Gasteiger partial charge in [0, 0.05) is 19.5 Å². The van der Waals surface area contributed by atoms with E-state index < -0.39 is 5.92 Å². The summed E-state index contributed by atoms with van der Waals surface area (Å²) in [4.78, 5) is 26.5. The van der Waals surface area contributed by atoms with E-state index in [9.17, 15) is 14.0 Å². The first kappa shape index (κ1) is 18.9. The molecule has 1 saturated heterocycles. The molecule has 1 unspecified atom stereocenters. The molecule has 0 spiro atoms. The van der Waals surface area contributed by atoms with E-state index in [2.05, 4.69) is 5.32 Å². The largest absolute Gasteiger partial charge is 0.495 e. The van der Waals surface area contributed by atoms with E-state index >= 15 is 0 Å². The normalized spacial score (nSPS) is 16.5. The Morgan fingerprint density at radius 2 is 2.00 bits per heavy atom. The second-order valence-electron chi connectivity index (χ2n) is 6.75. The van der Waals surface area contributed by atoms with Crippen LogP contribution in [0, 0.1) is 18.7 Å². The summed E-state index contributed by atoms with van der Waals surface area (Å²) in [6.07, 6.45) is 0.793. The minimum atomic E-state index is -0.393. The summed E-state index contributed by atoms with van der Waals surface area (Å²) in [6, 6.07) is 11.8. The van der Waals surface area contributed by atoms with Crippen LogP contribution in [0.3, 0.4) is 0 Å². The van der Waals surface area contributed by atoms with E-state index in [0.717, 1.165) is 11.1 Å². The van der Waals surface area contributed by atoms with Crippen LogP contribution in [0.1, 0.15) is 17.5 Å². The SMILES string of the molecule is COc1ccc(C)cc1N1CC(C(=O)NCCc2ccc(F)cc2)CC1=O. The summed E-state index contributed by atoms with van der Waals surface area (Å²) in [6.45, 7) is 2.73. The minimum absolute atomic E-state index is 0.0856. The highest BCUT2D eigenvalue weighted by molar-refractivity contribution is 6.01. The topological polar surface area (TPSA) is 58.6 Å². The Bertz CT molecular complexity index is 836. The number of halogens is 1. The Balaban J connectivity index is 1.59. The van der Waals surface area contributed by atoms with Gasteiger partial charge >= 0.3 is 0 Å². The van der Waals surface area contributed by atoms with Gasteiger partial charge in [0.1, 0.15) is 11.6 Å². The Morgan fingerprint density at radius 3 is 2.70 bits per heavy atom. The molecule has 1 atom stereocenters. The second-order valence-corrected chi connectivity index (χ2v) is 6.75. The number of aryl methyl sites for hydroxylation is 1. The predicted molar refractivity (Wildman–Crippen MR) is 101 cm³/mol. The monoisotopic (exact) mass is 370 g/mol. The molecule has 0 radical (unpaired) electrons. The zero-order valence-corrected chi connectivity index (χ0v) is 15.5. The van der Waals surface area contributed by atoms with Crippen molar-refractivity contribution in [2.24, 2.45) is 5.92 Å². The molecule has 1 aliphatic heterocycles. The zero-order valence-electron chi connectivity index (χ0n) is 15.5. The maximum atomic E-state index is 12.9. The molecule has 27 heavy (non-hydrogen) atoms. The Hall–Kier alpha value is -2.89. The summed E-state index contributed by atoms with van der Waals surface area (Å²) < 4.78 is 18.3. The van der Waals surface area contributed by atoms with E-state index in [1.54, 1.807) is 24.1 Å². The molecule has 3 rings (SSSR count). The van der Waals surface area contributed by atoms with Gasteiger partial charge in [-0.1, -0.05) is 18.2 Å². The molecule has 0 aliphatic carbocycles. The molecular formula is C21H23FN2O3. The number of methoxy groups -OCH3 is 1. The highest BCUT2D eigenvalue weighted by Gasteiger charge is 2.36. The number of hydrogen-bond donors (Lipinski definition) is 1. The van der Waals surface area contributed by atoms with Gasteiger partial charge in [0.15, 0.2) is 0 Å². The van der Waals surface area contributed by atoms with Crippen molar-refractivity contribution in [3.05, 3.63) is 59.4 Å². The van der Waals surface area contributed by atoms with Crippen molar-refractivity contribution >= 4 is 17.5 Å². The van der Waals surface area contributed by atoms with Gasteiger partial charge in [0.2, 0.25) is 11.8 Å². The number of nitrogens with one attached hydrogen (secondary N) is 1. The summed E-state index contributed by atoms with van der Waals surface area (Å²) in [5.74, 6) is -0.279. The Labute approximate surface area is 158 Å². The van der Waals surface area contributed by atoms with Gasteiger partial charge in [-0.2, -0.15) is 0 Å². The highest BCUT2D eigenvalue weighted by atomic mass is 19.1. The predicted octanol–water partition coefficient (Wildman–Crippen LogP) is 2.85. The third-order valence-electron chi connectivity index (χ3n) is 4.75. The Morgan fingerprint density at radius 1 is 1.26 bits per heavy atom. The van der Waals surface area contributed by atoms with Crippen LogP contribution in [0.5, 0.6) is 5.75 Å². The molecule has 5 nitrogen and oxygen atoms in total. The summed E-state index contributed by atoms with van der Waals surface area (Å²) in [5, 5.41) is 2.88. The van der Waals surface area contributed by atoms with Crippen LogP contribution in [0.15, 0.2) is 42.5 Å². The first-order valence-corrected chi connectivity index (χ1v) is 8.95. The quantitative estimate of drug-likeness (QED) is 0.851. The van der Waals surface area contributed by atoms with Gasteiger partial charge in [-0.3, -0.25) is 9.59 Å². The number of amides is 2. The molecule has 1 aliphatic rings. The van der Waals surface area contributed by atoms with E-state index in [1.165, 1.54) is 12.1 Å². The minimum Gasteiger partial charge on any atom is -0.495 e. The van der Waals surface area contributed by atoms with Crippen LogP contribution >= 0.6 is 0 Å². The second kappa shape index (κ2) is 8.20. The molecule has 2 aromatic rings. The van der Waals surface area contributed by atoms with Crippen LogP contribution in [0.2, 0.25) is 0 Å². The number of ether oxygens (including phenoxy) is 1. The number of carbonyl (C=O) groups is 2. The fourth-order valence-corrected chi connectivity index (χ4v) is 3.25. The lowest BCUT2D eigenvalue weighted by molar-refractivity contribution is -0.126. The van der Waals surface area contributed by atoms with Gasteiger partial charge in [-0.25, -0.2) is 4.39 Å². The lowest BCUT2D eigenvalue weighted by atomic mass is 10.1.